The van der Waals surface area contributed by atoms with Crippen molar-refractivity contribution in [1.82, 2.24) is 0 Å². The van der Waals surface area contributed by atoms with Crippen LogP contribution in [0, 0.1) is 0 Å². The molecule has 3 aromatic rings. The minimum atomic E-state index is -1.28. The van der Waals surface area contributed by atoms with Crippen molar-refractivity contribution in [3.05, 3.63) is 58.1 Å². The number of hydrogen-bond donors (Lipinski definition) is 4. The Hall–Kier alpha value is -4.22. The number of nitrogens with one attached hydrogen (secondary N) is 1. The van der Waals surface area contributed by atoms with Gasteiger partial charge < -0.3 is 34.8 Å². The van der Waals surface area contributed by atoms with E-state index >= 15 is 0 Å². The molecule has 0 aliphatic heterocycles. The fraction of sp³-hybridized carbons (Fsp3) is 0.130. The fourth-order valence-corrected chi connectivity index (χ4v) is 3.70. The van der Waals surface area contributed by atoms with Crippen LogP contribution in [0.15, 0.2) is 42.5 Å². The molecule has 3 aromatic carbocycles. The Labute approximate surface area is 212 Å². The number of carboxylic acid groups (broad SMARTS) is 3. The summed E-state index contributed by atoms with van der Waals surface area (Å²) >= 11 is 12.3. The Morgan fingerprint density at radius 2 is 1.36 bits per heavy atom. The first kappa shape index (κ1) is 26.4. The Balaban J connectivity index is 1.88. The highest BCUT2D eigenvalue weighted by Gasteiger charge is 2.18. The van der Waals surface area contributed by atoms with Crippen molar-refractivity contribution < 1.29 is 48.7 Å². The Bertz CT molecular complexity index is 1320. The summed E-state index contributed by atoms with van der Waals surface area (Å²) < 4.78 is 15.9. The Morgan fingerprint density at radius 3 is 1.92 bits per heavy atom. The zero-order valence-electron chi connectivity index (χ0n) is 18.1. The lowest BCUT2D eigenvalue weighted by Gasteiger charge is -2.16. The molecular weight excluding hydrogens is 521 g/mol. The fourth-order valence-electron chi connectivity index (χ4n) is 3.10. The summed E-state index contributed by atoms with van der Waals surface area (Å²) in [7, 11) is 0. The molecule has 0 saturated carbocycles. The molecule has 3 rings (SSSR count). The maximum Gasteiger partial charge on any atom is 0.341 e. The lowest BCUT2D eigenvalue weighted by molar-refractivity contribution is -0.140. The average Bonchev–Trinajstić information content (AvgIpc) is 2.80. The van der Waals surface area contributed by atoms with Crippen LogP contribution in [0.5, 0.6) is 17.2 Å². The second kappa shape index (κ2) is 11.5. The number of ether oxygens (including phenoxy) is 3. The van der Waals surface area contributed by atoms with Crippen molar-refractivity contribution >= 4 is 63.5 Å². The summed E-state index contributed by atoms with van der Waals surface area (Å²) in [5, 5.41) is 30.8. The predicted molar refractivity (Wildman–Crippen MR) is 128 cm³/mol. The van der Waals surface area contributed by atoms with Crippen LogP contribution >= 0.6 is 23.2 Å². The number of carbonyl (C=O) groups excluding carboxylic acids is 1. The summed E-state index contributed by atoms with van der Waals surface area (Å²) in [4.78, 5) is 46.0. The van der Waals surface area contributed by atoms with Crippen molar-refractivity contribution in [3.63, 3.8) is 0 Å². The van der Waals surface area contributed by atoms with E-state index in [0.29, 0.717) is 10.8 Å². The molecular formula is C23H17Cl2NO10. The molecule has 13 heteroatoms. The van der Waals surface area contributed by atoms with Gasteiger partial charge in [-0.2, -0.15) is 0 Å². The van der Waals surface area contributed by atoms with Gasteiger partial charge in [-0.15, -0.1) is 0 Å². The number of amides is 1. The smallest absolute Gasteiger partial charge is 0.341 e. The number of para-hydroxylation sites is 1. The average molecular weight is 538 g/mol. The predicted octanol–water partition coefficient (Wildman–Crippen LogP) is 3.79. The van der Waals surface area contributed by atoms with Crippen molar-refractivity contribution in [1.29, 1.82) is 0 Å². The zero-order chi connectivity index (χ0) is 26.4. The first-order valence-corrected chi connectivity index (χ1v) is 10.7. The maximum absolute atomic E-state index is 12.7. The topological polar surface area (TPSA) is 169 Å². The molecule has 0 spiro atoms. The van der Waals surface area contributed by atoms with Gasteiger partial charge in [-0.1, -0.05) is 29.3 Å². The highest BCUT2D eigenvalue weighted by Crippen LogP contribution is 2.37. The molecule has 0 aliphatic carbocycles. The van der Waals surface area contributed by atoms with Gasteiger partial charge in [0.05, 0.1) is 10.6 Å². The van der Waals surface area contributed by atoms with E-state index in [1.165, 1.54) is 42.5 Å². The molecule has 36 heavy (non-hydrogen) atoms. The second-order valence-corrected chi connectivity index (χ2v) is 7.94. The summed E-state index contributed by atoms with van der Waals surface area (Å²) in [6.07, 6.45) is 0. The van der Waals surface area contributed by atoms with E-state index < -0.39 is 43.6 Å². The van der Waals surface area contributed by atoms with Crippen LogP contribution in [-0.4, -0.2) is 59.0 Å². The van der Waals surface area contributed by atoms with Gasteiger partial charge in [-0.05, 0) is 41.8 Å². The van der Waals surface area contributed by atoms with E-state index in [4.69, 9.17) is 47.6 Å². The van der Waals surface area contributed by atoms with E-state index in [1.54, 1.807) is 0 Å². The van der Waals surface area contributed by atoms with E-state index in [-0.39, 0.29) is 38.5 Å². The highest BCUT2D eigenvalue weighted by molar-refractivity contribution is 6.39. The van der Waals surface area contributed by atoms with Gasteiger partial charge >= 0.3 is 17.9 Å². The number of anilines is 1. The quantitative estimate of drug-likeness (QED) is 0.282. The SMILES string of the molecule is O=C(O)COc1cccc(OCC(=O)O)c1NC(=O)COc1cc(C(=O)O)cc2cc(Cl)cc(Cl)c12. The number of aromatic carboxylic acids is 1. The molecule has 0 fully saturated rings. The minimum absolute atomic E-state index is 0.000482. The van der Waals surface area contributed by atoms with E-state index in [2.05, 4.69) is 5.32 Å². The first-order valence-electron chi connectivity index (χ1n) is 9.96. The molecule has 0 aliphatic rings. The Morgan fingerprint density at radius 1 is 0.778 bits per heavy atom. The standard InChI is InChI=1S/C23H17Cl2NO10/c24-13-5-11-4-12(23(32)33)6-17(21(11)14(25)7-13)34-8-18(27)26-22-15(35-9-19(28)29)2-1-3-16(22)36-10-20(30)31/h1-7H,8-10H2,(H,26,27)(H,28,29)(H,30,31)(H,32,33). The molecule has 0 atom stereocenters. The highest BCUT2D eigenvalue weighted by atomic mass is 35.5. The van der Waals surface area contributed by atoms with E-state index in [1.807, 2.05) is 0 Å². The minimum Gasteiger partial charge on any atom is -0.483 e. The first-order chi connectivity index (χ1) is 17.0. The third kappa shape index (κ3) is 6.68. The molecule has 0 aromatic heterocycles. The number of benzene rings is 3. The van der Waals surface area contributed by atoms with Crippen LogP contribution in [0.2, 0.25) is 10.0 Å². The lowest BCUT2D eigenvalue weighted by atomic mass is 10.1. The summed E-state index contributed by atoms with van der Waals surface area (Å²) in [5.41, 5.74) is -0.254. The molecule has 1 amide bonds. The third-order valence-electron chi connectivity index (χ3n) is 4.49. The number of halogens is 2. The van der Waals surface area contributed by atoms with Gasteiger partial charge in [0.1, 0.15) is 22.9 Å². The largest absolute Gasteiger partial charge is 0.483 e. The second-order valence-electron chi connectivity index (χ2n) is 7.10. The van der Waals surface area contributed by atoms with Crippen LogP contribution in [0.4, 0.5) is 5.69 Å². The lowest BCUT2D eigenvalue weighted by Crippen LogP contribution is -2.22. The van der Waals surface area contributed by atoms with Crippen LogP contribution in [0.1, 0.15) is 10.4 Å². The number of fused-ring (bicyclic) bond motifs is 1. The molecule has 4 N–H and O–H groups in total. The normalized spacial score (nSPS) is 10.5. The van der Waals surface area contributed by atoms with Gasteiger partial charge in [-0.3, -0.25) is 4.79 Å². The summed E-state index contributed by atoms with van der Waals surface area (Å²) in [6, 6.07) is 9.58. The van der Waals surface area contributed by atoms with Crippen molar-refractivity contribution in [2.24, 2.45) is 0 Å². The van der Waals surface area contributed by atoms with Crippen molar-refractivity contribution in [2.75, 3.05) is 25.1 Å². The van der Waals surface area contributed by atoms with Crippen LogP contribution in [0.3, 0.4) is 0 Å². The van der Waals surface area contributed by atoms with Crippen LogP contribution < -0.4 is 19.5 Å². The molecule has 0 heterocycles. The number of carbonyl (C=O) groups is 4. The van der Waals surface area contributed by atoms with Gasteiger partial charge in [0.2, 0.25) is 0 Å². The maximum atomic E-state index is 12.7. The number of aliphatic carboxylic acids is 2. The van der Waals surface area contributed by atoms with Crippen molar-refractivity contribution in [2.45, 2.75) is 0 Å². The monoisotopic (exact) mass is 537 g/mol. The summed E-state index contributed by atoms with van der Waals surface area (Å²) in [6.45, 7) is -2.11. The van der Waals surface area contributed by atoms with E-state index in [9.17, 15) is 24.3 Å². The number of carboxylic acids is 3. The van der Waals surface area contributed by atoms with Crippen LogP contribution in [-0.2, 0) is 14.4 Å². The van der Waals surface area contributed by atoms with Gasteiger partial charge in [0, 0.05) is 10.4 Å². The van der Waals surface area contributed by atoms with E-state index in [0.717, 1.165) is 0 Å². The summed E-state index contributed by atoms with van der Waals surface area (Å²) in [5.74, 6) is -4.77. The molecule has 11 nitrogen and oxygen atoms in total. The molecule has 0 bridgehead atoms. The Kier molecular flexibility index (Phi) is 8.41. The zero-order valence-corrected chi connectivity index (χ0v) is 19.6. The molecule has 0 unspecified atom stereocenters. The van der Waals surface area contributed by atoms with Gasteiger partial charge in [0.15, 0.2) is 19.8 Å². The molecule has 0 radical (unpaired) electrons. The number of hydrogen-bond acceptors (Lipinski definition) is 7. The van der Waals surface area contributed by atoms with Gasteiger partial charge in [-0.25, -0.2) is 14.4 Å². The molecule has 188 valence electrons. The molecule has 0 saturated heterocycles. The number of rotatable bonds is 11. The third-order valence-corrected chi connectivity index (χ3v) is 5.01. The van der Waals surface area contributed by atoms with Gasteiger partial charge in [0.25, 0.3) is 5.91 Å². The van der Waals surface area contributed by atoms with Crippen molar-refractivity contribution in [3.8, 4) is 17.2 Å². The van der Waals surface area contributed by atoms with Crippen LogP contribution in [0.25, 0.3) is 10.8 Å².